The van der Waals surface area contributed by atoms with E-state index >= 15 is 0 Å². The average Bonchev–Trinajstić information content (AvgIpc) is 3.40. The second-order valence-corrected chi connectivity index (χ2v) is 18.7. The molecule has 0 aliphatic carbocycles. The Morgan fingerprint density at radius 2 is 1.91 bits per heavy atom. The Morgan fingerprint density at radius 3 is 2.67 bits per heavy atom. The predicted octanol–water partition coefficient (Wildman–Crippen LogP) is 6.38. The number of likely N-dealkylation sites (tertiary alicyclic amines) is 1. The molecule has 4 aromatic rings. The summed E-state index contributed by atoms with van der Waals surface area (Å²) in [5, 5.41) is 4.27. The molecule has 43 heavy (non-hydrogen) atoms. The van der Waals surface area contributed by atoms with Crippen LogP contribution in [0.2, 0.25) is 25.7 Å². The van der Waals surface area contributed by atoms with Crippen LogP contribution in [0, 0.1) is 5.92 Å². The van der Waals surface area contributed by atoms with Crippen molar-refractivity contribution in [2.24, 2.45) is 5.92 Å². The number of hydrogen-bond donors (Lipinski definition) is 1. The lowest BCUT2D eigenvalue weighted by molar-refractivity contribution is 0.0783. The number of hydrogen-bond acceptors (Lipinski definition) is 9. The molecule has 1 amide bonds. The van der Waals surface area contributed by atoms with E-state index in [2.05, 4.69) is 41.8 Å². The topological polar surface area (TPSA) is 107 Å². The molecule has 228 valence electrons. The van der Waals surface area contributed by atoms with Crippen LogP contribution >= 0.6 is 11.8 Å². The maximum absolute atomic E-state index is 13.0. The molecular formula is C31H41N7O3SSi. The van der Waals surface area contributed by atoms with Crippen molar-refractivity contribution in [1.82, 2.24) is 29.4 Å². The second-order valence-electron chi connectivity index (χ2n) is 12.3. The zero-order valence-corrected chi connectivity index (χ0v) is 27.4. The van der Waals surface area contributed by atoms with E-state index in [0.717, 1.165) is 41.4 Å². The number of fused-ring (bicyclic) bond motifs is 1. The molecule has 1 saturated heterocycles. The number of carbonyl (C=O) groups excluding carboxylic acids is 1. The molecule has 1 aromatic carbocycles. The van der Waals surface area contributed by atoms with E-state index in [1.165, 1.54) is 11.8 Å². The van der Waals surface area contributed by atoms with E-state index in [4.69, 9.17) is 19.4 Å². The summed E-state index contributed by atoms with van der Waals surface area (Å²) in [6, 6.07) is 12.8. The van der Waals surface area contributed by atoms with E-state index in [9.17, 15) is 4.79 Å². The summed E-state index contributed by atoms with van der Waals surface area (Å²) in [4.78, 5) is 33.8. The van der Waals surface area contributed by atoms with Gasteiger partial charge in [-0.15, -0.1) is 0 Å². The third-order valence-electron chi connectivity index (χ3n) is 7.38. The highest BCUT2D eigenvalue weighted by Crippen LogP contribution is 2.30. The minimum absolute atomic E-state index is 0.0169. The molecule has 1 fully saturated rings. The zero-order valence-electron chi connectivity index (χ0n) is 25.6. The van der Waals surface area contributed by atoms with Gasteiger partial charge in [0.15, 0.2) is 10.8 Å². The van der Waals surface area contributed by atoms with Crippen molar-refractivity contribution in [3.63, 3.8) is 0 Å². The fourth-order valence-electron chi connectivity index (χ4n) is 5.09. The lowest BCUT2D eigenvalue weighted by Crippen LogP contribution is -2.48. The lowest BCUT2D eigenvalue weighted by Gasteiger charge is -2.36. The first kappa shape index (κ1) is 31.0. The number of rotatable bonds is 11. The Hall–Kier alpha value is -3.48. The summed E-state index contributed by atoms with van der Waals surface area (Å²) in [5.41, 5.74) is 3.96. The maximum Gasteiger partial charge on any atom is 0.410 e. The molecule has 2 atom stereocenters. The molecule has 5 rings (SSSR count). The van der Waals surface area contributed by atoms with Gasteiger partial charge in [0.05, 0.1) is 17.5 Å². The minimum atomic E-state index is -1.17. The predicted molar refractivity (Wildman–Crippen MR) is 174 cm³/mol. The molecule has 0 spiro atoms. The first-order valence-corrected chi connectivity index (χ1v) is 19.6. The van der Waals surface area contributed by atoms with Crippen LogP contribution in [0.5, 0.6) is 0 Å². The van der Waals surface area contributed by atoms with Crippen LogP contribution < -0.4 is 5.32 Å². The van der Waals surface area contributed by atoms with Crippen molar-refractivity contribution in [2.75, 3.05) is 31.3 Å². The Balaban J connectivity index is 1.32. The van der Waals surface area contributed by atoms with Gasteiger partial charge in [-0.1, -0.05) is 68.7 Å². The molecule has 0 unspecified atom stereocenters. The van der Waals surface area contributed by atoms with Crippen molar-refractivity contribution in [3.05, 3.63) is 60.6 Å². The van der Waals surface area contributed by atoms with E-state index in [-0.39, 0.29) is 18.7 Å². The molecule has 12 heteroatoms. The SMILES string of the molecule is CSc1ncc(-c2cnc3ccn(COCC[Si](C)(C)C)c3n2)c(N[C@H]2C[C@H](C)CN(C(=O)OCc3ccccc3)C2)n1. The number of benzene rings is 1. The van der Waals surface area contributed by atoms with Crippen molar-refractivity contribution in [3.8, 4) is 11.3 Å². The van der Waals surface area contributed by atoms with Gasteiger partial charge >= 0.3 is 6.09 Å². The first-order chi connectivity index (χ1) is 20.7. The highest BCUT2D eigenvalue weighted by molar-refractivity contribution is 7.98. The fourth-order valence-corrected chi connectivity index (χ4v) is 6.19. The second kappa shape index (κ2) is 13.9. The van der Waals surface area contributed by atoms with Crippen molar-refractivity contribution in [2.45, 2.75) is 63.6 Å². The Kier molecular flexibility index (Phi) is 9.99. The van der Waals surface area contributed by atoms with Gasteiger partial charge in [0.25, 0.3) is 0 Å². The molecule has 0 radical (unpaired) electrons. The monoisotopic (exact) mass is 619 g/mol. The highest BCUT2D eigenvalue weighted by atomic mass is 32.2. The van der Waals surface area contributed by atoms with E-state index in [1.54, 1.807) is 17.3 Å². The highest BCUT2D eigenvalue weighted by Gasteiger charge is 2.30. The molecular weight excluding hydrogens is 579 g/mol. The summed E-state index contributed by atoms with van der Waals surface area (Å²) in [6.45, 7) is 11.8. The number of nitrogens with one attached hydrogen (secondary N) is 1. The van der Waals surface area contributed by atoms with Crippen LogP contribution in [0.15, 0.2) is 60.1 Å². The van der Waals surface area contributed by atoms with Gasteiger partial charge < -0.3 is 24.3 Å². The van der Waals surface area contributed by atoms with Gasteiger partial charge in [0.2, 0.25) is 0 Å². The number of thioether (sulfide) groups is 1. The number of anilines is 1. The Bertz CT molecular complexity index is 1530. The molecule has 1 aliphatic rings. The van der Waals surface area contributed by atoms with Crippen LogP contribution in [0.3, 0.4) is 0 Å². The largest absolute Gasteiger partial charge is 0.445 e. The number of nitrogens with zero attached hydrogens (tertiary/aromatic N) is 6. The summed E-state index contributed by atoms with van der Waals surface area (Å²) >= 11 is 1.48. The van der Waals surface area contributed by atoms with Crippen LogP contribution in [0.1, 0.15) is 18.9 Å². The number of carbonyl (C=O) groups is 1. The van der Waals surface area contributed by atoms with Crippen molar-refractivity contribution in [1.29, 1.82) is 0 Å². The number of piperidine rings is 1. The Labute approximate surface area is 258 Å². The van der Waals surface area contributed by atoms with Crippen LogP contribution in [0.25, 0.3) is 22.4 Å². The van der Waals surface area contributed by atoms with E-state index in [0.29, 0.717) is 42.4 Å². The van der Waals surface area contributed by atoms with Crippen LogP contribution in [-0.4, -0.2) is 75.6 Å². The summed E-state index contributed by atoms with van der Waals surface area (Å²) in [5.74, 6) is 0.968. The van der Waals surface area contributed by atoms with Gasteiger partial charge in [-0.25, -0.2) is 19.7 Å². The lowest BCUT2D eigenvalue weighted by atomic mass is 9.96. The Morgan fingerprint density at radius 1 is 1.09 bits per heavy atom. The quantitative estimate of drug-likeness (QED) is 0.0885. The summed E-state index contributed by atoms with van der Waals surface area (Å²) in [6.07, 6.45) is 8.06. The normalized spacial score (nSPS) is 17.3. The van der Waals surface area contributed by atoms with Crippen molar-refractivity contribution < 1.29 is 14.3 Å². The summed E-state index contributed by atoms with van der Waals surface area (Å²) < 4.78 is 13.6. The summed E-state index contributed by atoms with van der Waals surface area (Å²) in [7, 11) is -1.17. The fraction of sp³-hybridized carbons (Fsp3) is 0.452. The van der Waals surface area contributed by atoms with Gasteiger partial charge in [0, 0.05) is 46.2 Å². The molecule has 1 aliphatic heterocycles. The van der Waals surface area contributed by atoms with E-state index < -0.39 is 8.07 Å². The number of ether oxygens (including phenoxy) is 2. The number of amides is 1. The van der Waals surface area contributed by atoms with E-state index in [1.807, 2.05) is 53.4 Å². The van der Waals surface area contributed by atoms with Gasteiger partial charge in [-0.05, 0) is 36.3 Å². The molecule has 4 heterocycles. The third kappa shape index (κ3) is 8.33. The molecule has 10 nitrogen and oxygen atoms in total. The third-order valence-corrected chi connectivity index (χ3v) is 9.65. The van der Waals surface area contributed by atoms with Crippen molar-refractivity contribution >= 4 is 42.9 Å². The van der Waals surface area contributed by atoms with Crippen LogP contribution in [-0.2, 0) is 22.8 Å². The average molecular weight is 620 g/mol. The first-order valence-electron chi connectivity index (χ1n) is 14.7. The molecule has 1 N–H and O–H groups in total. The maximum atomic E-state index is 13.0. The number of aromatic nitrogens is 5. The smallest absolute Gasteiger partial charge is 0.410 e. The molecule has 3 aromatic heterocycles. The minimum Gasteiger partial charge on any atom is -0.445 e. The van der Waals surface area contributed by atoms with Gasteiger partial charge in [-0.2, -0.15) is 0 Å². The van der Waals surface area contributed by atoms with Gasteiger partial charge in [-0.3, -0.25) is 4.98 Å². The molecule has 0 saturated carbocycles. The standard InChI is InChI=1S/C31H41N7O3SSi/c1-22-15-24(19-38(18-22)31(39)41-20-23-9-7-6-8-10-23)34-28-25(16-33-30(36-28)42-2)27-17-32-26-11-12-37(29(26)35-27)21-40-13-14-43(3,4)5/h6-12,16-17,22,24H,13-15,18-21H2,1-5H3,(H,33,34,36)/t22-,24-/m0/s1. The zero-order chi connectivity index (χ0) is 30.4. The van der Waals surface area contributed by atoms with Crippen LogP contribution in [0.4, 0.5) is 10.6 Å². The van der Waals surface area contributed by atoms with Gasteiger partial charge in [0.1, 0.15) is 24.7 Å². The molecule has 0 bridgehead atoms.